The van der Waals surface area contributed by atoms with Gasteiger partial charge in [-0.05, 0) is 161 Å². The van der Waals surface area contributed by atoms with Gasteiger partial charge in [-0.2, -0.15) is 0 Å². The largest absolute Gasteiger partial charge is 0.310 e. The van der Waals surface area contributed by atoms with Crippen LogP contribution in [0.5, 0.6) is 0 Å². The minimum Gasteiger partial charge on any atom is -0.310 e. The summed E-state index contributed by atoms with van der Waals surface area (Å²) in [5.41, 5.74) is 24.2. The number of para-hydroxylation sites is 2. The summed E-state index contributed by atoms with van der Waals surface area (Å²) in [5, 5.41) is 7.47. The van der Waals surface area contributed by atoms with E-state index in [9.17, 15) is 0 Å². The summed E-state index contributed by atoms with van der Waals surface area (Å²) in [4.78, 5) is 2.48. The Balaban J connectivity index is 0.828. The van der Waals surface area contributed by atoms with Crippen molar-refractivity contribution in [3.05, 3.63) is 313 Å². The summed E-state index contributed by atoms with van der Waals surface area (Å²) in [7, 11) is 0. The number of anilines is 3. The van der Waals surface area contributed by atoms with E-state index < -0.39 is 5.41 Å². The molecule has 0 aliphatic heterocycles. The summed E-state index contributed by atoms with van der Waals surface area (Å²) in [6, 6.07) is 108. The summed E-state index contributed by atoms with van der Waals surface area (Å²) in [6.07, 6.45) is 0. The van der Waals surface area contributed by atoms with Crippen LogP contribution in [-0.4, -0.2) is 4.57 Å². The molecule has 0 unspecified atom stereocenters. The Morgan fingerprint density at radius 1 is 0.273 bits per heavy atom. The van der Waals surface area contributed by atoms with Gasteiger partial charge < -0.3 is 9.47 Å². The van der Waals surface area contributed by atoms with Crippen LogP contribution in [0.25, 0.3) is 105 Å². The minimum absolute atomic E-state index is 0.444. The van der Waals surface area contributed by atoms with E-state index in [2.05, 4.69) is 301 Å². The van der Waals surface area contributed by atoms with Gasteiger partial charge in [-0.15, -0.1) is 0 Å². The van der Waals surface area contributed by atoms with E-state index in [4.69, 9.17) is 0 Å². The predicted octanol–water partition coefficient (Wildman–Crippen LogP) is 19.9. The number of hydrogen-bond donors (Lipinski definition) is 0. The lowest BCUT2D eigenvalue weighted by Crippen LogP contribution is -2.26. The number of rotatable bonds is 7. The summed E-state index contributed by atoms with van der Waals surface area (Å²) >= 11 is 0. The van der Waals surface area contributed by atoms with Crippen molar-refractivity contribution < 1.29 is 0 Å². The molecule has 2 aliphatic carbocycles. The summed E-state index contributed by atoms with van der Waals surface area (Å²) < 4.78 is 2.41. The molecule has 0 atom stereocenters. The SMILES string of the molecule is c1ccc(-c2ccc(N(c3ccc(-c4ccc5cc(-c6ccc7c8ccccc8n(-c8ccccc8)c7c6)c6ccccc6c5c4)cc3)c3cccc4c3-c3ccccc3C43c4ccccc4-c4ccccc43)cc2)cc1. The molecule has 14 aromatic rings. The third-order valence-electron chi connectivity index (χ3n) is 16.8. The van der Waals surface area contributed by atoms with Crippen molar-refractivity contribution in [2.75, 3.05) is 4.90 Å². The van der Waals surface area contributed by atoms with Crippen molar-refractivity contribution >= 4 is 60.4 Å². The van der Waals surface area contributed by atoms with Crippen molar-refractivity contribution in [2.45, 2.75) is 5.41 Å². The topological polar surface area (TPSA) is 8.17 Å². The van der Waals surface area contributed by atoms with E-state index in [1.165, 1.54) is 121 Å². The predicted molar refractivity (Wildman–Crippen MR) is 323 cm³/mol. The molecular weight excluding hydrogens is 929 g/mol. The summed E-state index contributed by atoms with van der Waals surface area (Å²) in [5.74, 6) is 0. The highest BCUT2D eigenvalue weighted by atomic mass is 15.1. The van der Waals surface area contributed by atoms with Gasteiger partial charge in [0.25, 0.3) is 0 Å². The van der Waals surface area contributed by atoms with Crippen LogP contribution in [0.15, 0.2) is 291 Å². The molecule has 358 valence electrons. The van der Waals surface area contributed by atoms with Crippen LogP contribution < -0.4 is 4.90 Å². The average molecular weight is 977 g/mol. The van der Waals surface area contributed by atoms with Crippen molar-refractivity contribution in [1.82, 2.24) is 4.57 Å². The molecule has 1 aromatic heterocycles. The van der Waals surface area contributed by atoms with Crippen molar-refractivity contribution in [2.24, 2.45) is 0 Å². The highest BCUT2D eigenvalue weighted by Crippen LogP contribution is 2.64. The highest BCUT2D eigenvalue weighted by Gasteiger charge is 2.52. The first-order valence-electron chi connectivity index (χ1n) is 26.7. The maximum Gasteiger partial charge on any atom is 0.0726 e. The van der Waals surface area contributed by atoms with Gasteiger partial charge >= 0.3 is 0 Å². The molecule has 2 aliphatic rings. The van der Waals surface area contributed by atoms with E-state index in [-0.39, 0.29) is 0 Å². The fourth-order valence-corrected chi connectivity index (χ4v) is 13.5. The Kier molecular flexibility index (Phi) is 9.58. The quantitative estimate of drug-likeness (QED) is 0.145. The zero-order chi connectivity index (χ0) is 50.6. The van der Waals surface area contributed by atoms with Crippen LogP contribution in [0.3, 0.4) is 0 Å². The molecule has 0 saturated heterocycles. The monoisotopic (exact) mass is 976 g/mol. The lowest BCUT2D eigenvalue weighted by molar-refractivity contribution is 0.794. The lowest BCUT2D eigenvalue weighted by Gasteiger charge is -2.32. The molecule has 0 fully saturated rings. The fraction of sp³-hybridized carbons (Fsp3) is 0.0133. The molecule has 0 saturated carbocycles. The molecule has 77 heavy (non-hydrogen) atoms. The van der Waals surface area contributed by atoms with Gasteiger partial charge in [0, 0.05) is 33.4 Å². The molecule has 0 bridgehead atoms. The Labute approximate surface area is 447 Å². The average Bonchev–Trinajstić information content (AvgIpc) is 4.33. The van der Waals surface area contributed by atoms with E-state index >= 15 is 0 Å². The molecular formula is C75H48N2. The number of hydrogen-bond acceptors (Lipinski definition) is 1. The number of nitrogens with zero attached hydrogens (tertiary/aromatic N) is 2. The lowest BCUT2D eigenvalue weighted by atomic mass is 9.70. The molecule has 2 nitrogen and oxygen atoms in total. The maximum atomic E-state index is 2.48. The fourth-order valence-electron chi connectivity index (χ4n) is 13.5. The van der Waals surface area contributed by atoms with Gasteiger partial charge in [-0.25, -0.2) is 0 Å². The molecule has 0 amide bonds. The van der Waals surface area contributed by atoms with E-state index in [1.54, 1.807) is 0 Å². The normalized spacial score (nSPS) is 12.8. The second kappa shape index (κ2) is 17.0. The minimum atomic E-state index is -0.444. The zero-order valence-corrected chi connectivity index (χ0v) is 42.1. The van der Waals surface area contributed by atoms with E-state index in [1.807, 2.05) is 0 Å². The van der Waals surface area contributed by atoms with Crippen molar-refractivity contribution in [1.29, 1.82) is 0 Å². The van der Waals surface area contributed by atoms with Gasteiger partial charge in [0.1, 0.15) is 0 Å². The van der Waals surface area contributed by atoms with Crippen LogP contribution >= 0.6 is 0 Å². The molecule has 13 aromatic carbocycles. The van der Waals surface area contributed by atoms with Gasteiger partial charge in [-0.3, -0.25) is 0 Å². The second-order valence-electron chi connectivity index (χ2n) is 20.7. The maximum absolute atomic E-state index is 2.48. The molecule has 1 heterocycles. The van der Waals surface area contributed by atoms with Crippen LogP contribution in [0.4, 0.5) is 17.1 Å². The van der Waals surface area contributed by atoms with E-state index in [0.717, 1.165) is 22.7 Å². The first-order chi connectivity index (χ1) is 38.2. The van der Waals surface area contributed by atoms with Gasteiger partial charge in [0.05, 0.1) is 22.1 Å². The zero-order valence-electron chi connectivity index (χ0n) is 42.1. The van der Waals surface area contributed by atoms with Crippen molar-refractivity contribution in [3.8, 4) is 61.3 Å². The second-order valence-corrected chi connectivity index (χ2v) is 20.7. The van der Waals surface area contributed by atoms with Gasteiger partial charge in [0.15, 0.2) is 0 Å². The highest BCUT2D eigenvalue weighted by molar-refractivity contribution is 6.16. The van der Waals surface area contributed by atoms with E-state index in [0.29, 0.717) is 0 Å². The molecule has 0 radical (unpaired) electrons. The first-order valence-corrected chi connectivity index (χ1v) is 26.7. The van der Waals surface area contributed by atoms with Crippen molar-refractivity contribution in [3.63, 3.8) is 0 Å². The number of aromatic nitrogens is 1. The molecule has 0 N–H and O–H groups in total. The molecule has 16 rings (SSSR count). The summed E-state index contributed by atoms with van der Waals surface area (Å²) in [6.45, 7) is 0. The Bertz CT molecular complexity index is 4620. The number of fused-ring (bicyclic) bond motifs is 16. The Hall–Kier alpha value is -10.0. The Morgan fingerprint density at radius 2 is 0.779 bits per heavy atom. The van der Waals surface area contributed by atoms with Crippen LogP contribution in [0.2, 0.25) is 0 Å². The molecule has 2 heteroatoms. The number of benzene rings is 13. The van der Waals surface area contributed by atoms with Gasteiger partial charge in [0.2, 0.25) is 0 Å². The van der Waals surface area contributed by atoms with Crippen LogP contribution in [0, 0.1) is 0 Å². The first kappa shape index (κ1) is 43.4. The van der Waals surface area contributed by atoms with Crippen LogP contribution in [0.1, 0.15) is 22.3 Å². The van der Waals surface area contributed by atoms with Gasteiger partial charge in [-0.1, -0.05) is 224 Å². The Morgan fingerprint density at radius 3 is 1.48 bits per heavy atom. The van der Waals surface area contributed by atoms with Crippen LogP contribution in [-0.2, 0) is 5.41 Å². The standard InChI is InChI=1S/C75H48N2/c1-3-18-49(19-4-1)50-36-41-56(42-37-50)76(72-33-17-31-70-74(72)64-27-11-15-30-69(64)75(70)67-28-13-9-24-60(67)61-25-10-14-29-68(61)75)57-43-38-51(39-44-57)52-34-35-53-47-66(59-23-8-7-22-58(59)65(53)46-52)54-40-45-63-62-26-12-16-32-71(62)77(73(63)48-54)55-20-5-2-6-21-55/h1-48H. The smallest absolute Gasteiger partial charge is 0.0726 e. The molecule has 1 spiro atoms. The third-order valence-corrected chi connectivity index (χ3v) is 16.8. The third kappa shape index (κ3) is 6.43.